The van der Waals surface area contributed by atoms with Crippen LogP contribution in [0.15, 0.2) is 12.1 Å². The molecule has 0 bridgehead atoms. The fraction of sp³-hybridized carbons (Fsp3) is 0.667. The van der Waals surface area contributed by atoms with Crippen molar-refractivity contribution in [2.75, 3.05) is 0 Å². The average Bonchev–Trinajstić information content (AvgIpc) is 2.96. The molecule has 0 amide bonds. The van der Waals surface area contributed by atoms with E-state index in [2.05, 4.69) is 24.5 Å². The van der Waals surface area contributed by atoms with Crippen molar-refractivity contribution < 1.29 is 0 Å². The van der Waals surface area contributed by atoms with Crippen LogP contribution in [-0.2, 0) is 6.42 Å². The van der Waals surface area contributed by atoms with E-state index < -0.39 is 0 Å². The molecule has 0 aromatic carbocycles. The number of hydrazine groups is 1. The number of hydrogen-bond acceptors (Lipinski definition) is 3. The lowest BCUT2D eigenvalue weighted by molar-refractivity contribution is 0.488. The van der Waals surface area contributed by atoms with Gasteiger partial charge in [-0.15, -0.1) is 11.3 Å². The highest BCUT2D eigenvalue weighted by Crippen LogP contribution is 2.36. The molecule has 15 heavy (non-hydrogen) atoms. The lowest BCUT2D eigenvalue weighted by atomic mass is 10.1. The lowest BCUT2D eigenvalue weighted by Gasteiger charge is -2.13. The summed E-state index contributed by atoms with van der Waals surface area (Å²) in [5.41, 5.74) is 2.95. The predicted octanol–water partition coefficient (Wildman–Crippen LogP) is 3.01. The summed E-state index contributed by atoms with van der Waals surface area (Å²) < 4.78 is 0. The number of thiophene rings is 1. The van der Waals surface area contributed by atoms with Gasteiger partial charge in [0.25, 0.3) is 0 Å². The van der Waals surface area contributed by atoms with Gasteiger partial charge in [-0.3, -0.25) is 11.3 Å². The molecule has 84 valence electrons. The highest BCUT2D eigenvalue weighted by atomic mass is 32.1. The topological polar surface area (TPSA) is 38.0 Å². The Morgan fingerprint density at radius 3 is 2.87 bits per heavy atom. The van der Waals surface area contributed by atoms with Gasteiger partial charge in [0.15, 0.2) is 0 Å². The van der Waals surface area contributed by atoms with Gasteiger partial charge in [-0.05, 0) is 37.3 Å². The predicted molar refractivity (Wildman–Crippen MR) is 65.7 cm³/mol. The monoisotopic (exact) mass is 224 g/mol. The maximum absolute atomic E-state index is 5.62. The number of hydrogen-bond donors (Lipinski definition) is 2. The Bertz CT molecular complexity index is 304. The third kappa shape index (κ3) is 3.03. The molecule has 3 N–H and O–H groups in total. The summed E-state index contributed by atoms with van der Waals surface area (Å²) in [4.78, 5) is 2.85. The summed E-state index contributed by atoms with van der Waals surface area (Å²) >= 11 is 1.90. The molecule has 1 atom stereocenters. The zero-order chi connectivity index (χ0) is 10.7. The zero-order valence-electron chi connectivity index (χ0n) is 9.33. The molecule has 1 aromatic rings. The Labute approximate surface area is 95.8 Å². The van der Waals surface area contributed by atoms with Crippen LogP contribution in [0.1, 0.15) is 48.4 Å². The molecule has 3 heteroatoms. The van der Waals surface area contributed by atoms with Crippen molar-refractivity contribution in [2.45, 2.75) is 45.1 Å². The van der Waals surface area contributed by atoms with Crippen LogP contribution in [0.3, 0.4) is 0 Å². The van der Waals surface area contributed by atoms with E-state index in [1.807, 2.05) is 11.3 Å². The second kappa shape index (κ2) is 5.10. The number of nitrogens with one attached hydrogen (secondary N) is 1. The van der Waals surface area contributed by atoms with E-state index in [1.165, 1.54) is 35.4 Å². The van der Waals surface area contributed by atoms with Gasteiger partial charge in [-0.2, -0.15) is 0 Å². The van der Waals surface area contributed by atoms with Crippen LogP contribution in [-0.4, -0.2) is 0 Å². The summed E-state index contributed by atoms with van der Waals surface area (Å²) in [6.07, 6.45) is 6.51. The fourth-order valence-corrected chi connectivity index (χ4v) is 2.94. The van der Waals surface area contributed by atoms with Gasteiger partial charge in [0.05, 0.1) is 6.04 Å². The maximum atomic E-state index is 5.62. The summed E-state index contributed by atoms with van der Waals surface area (Å²) in [6, 6.07) is 4.82. The van der Waals surface area contributed by atoms with E-state index >= 15 is 0 Å². The van der Waals surface area contributed by atoms with Crippen molar-refractivity contribution in [3.63, 3.8) is 0 Å². The number of aryl methyl sites for hydroxylation is 1. The highest BCUT2D eigenvalue weighted by Gasteiger charge is 2.23. The molecule has 1 aliphatic rings. The van der Waals surface area contributed by atoms with Crippen molar-refractivity contribution >= 4 is 11.3 Å². The van der Waals surface area contributed by atoms with Gasteiger partial charge >= 0.3 is 0 Å². The standard InChI is InChI=1S/C12H20N2S/c1-2-10-6-8-12(15-10)11(14-13)7-5-9-3-4-9/h6,8-9,11,14H,2-5,7,13H2,1H3. The van der Waals surface area contributed by atoms with Crippen molar-refractivity contribution in [1.29, 1.82) is 0 Å². The van der Waals surface area contributed by atoms with Gasteiger partial charge in [-0.25, -0.2) is 0 Å². The minimum Gasteiger partial charge on any atom is -0.271 e. The van der Waals surface area contributed by atoms with Crippen LogP contribution in [0.4, 0.5) is 0 Å². The van der Waals surface area contributed by atoms with Crippen LogP contribution in [0.5, 0.6) is 0 Å². The first-order valence-electron chi connectivity index (χ1n) is 5.88. The van der Waals surface area contributed by atoms with Crippen LogP contribution >= 0.6 is 11.3 Å². The lowest BCUT2D eigenvalue weighted by Crippen LogP contribution is -2.27. The molecule has 1 unspecified atom stereocenters. The quantitative estimate of drug-likeness (QED) is 0.576. The van der Waals surface area contributed by atoms with Gasteiger partial charge in [0, 0.05) is 9.75 Å². The van der Waals surface area contributed by atoms with E-state index in [0.29, 0.717) is 6.04 Å². The van der Waals surface area contributed by atoms with Crippen molar-refractivity contribution in [2.24, 2.45) is 11.8 Å². The van der Waals surface area contributed by atoms with Crippen molar-refractivity contribution in [3.8, 4) is 0 Å². The molecule has 0 saturated heterocycles. The molecule has 1 heterocycles. The molecule has 1 saturated carbocycles. The van der Waals surface area contributed by atoms with Crippen LogP contribution < -0.4 is 11.3 Å². The smallest absolute Gasteiger partial charge is 0.0553 e. The van der Waals surface area contributed by atoms with Gasteiger partial charge in [0.1, 0.15) is 0 Å². The van der Waals surface area contributed by atoms with E-state index in [-0.39, 0.29) is 0 Å². The molecule has 0 aliphatic heterocycles. The van der Waals surface area contributed by atoms with Gasteiger partial charge in [-0.1, -0.05) is 19.8 Å². The summed E-state index contributed by atoms with van der Waals surface area (Å²) in [5.74, 6) is 6.61. The van der Waals surface area contributed by atoms with Crippen LogP contribution in [0.25, 0.3) is 0 Å². The first-order chi connectivity index (χ1) is 7.33. The van der Waals surface area contributed by atoms with Gasteiger partial charge < -0.3 is 0 Å². The minimum absolute atomic E-state index is 0.371. The molecule has 0 radical (unpaired) electrons. The van der Waals surface area contributed by atoms with Crippen LogP contribution in [0.2, 0.25) is 0 Å². The van der Waals surface area contributed by atoms with E-state index in [0.717, 1.165) is 12.3 Å². The molecule has 0 spiro atoms. The maximum Gasteiger partial charge on any atom is 0.0553 e. The molecular formula is C12H20N2S. The number of nitrogens with two attached hydrogens (primary N) is 1. The Morgan fingerprint density at radius 2 is 2.33 bits per heavy atom. The Kier molecular flexibility index (Phi) is 3.78. The zero-order valence-corrected chi connectivity index (χ0v) is 10.1. The molecular weight excluding hydrogens is 204 g/mol. The van der Waals surface area contributed by atoms with Crippen molar-refractivity contribution in [3.05, 3.63) is 21.9 Å². The molecule has 1 fully saturated rings. The normalized spacial score (nSPS) is 18.0. The van der Waals surface area contributed by atoms with E-state index in [1.54, 1.807) is 0 Å². The Morgan fingerprint density at radius 1 is 1.53 bits per heavy atom. The third-order valence-corrected chi connectivity index (χ3v) is 4.48. The molecule has 1 aromatic heterocycles. The van der Waals surface area contributed by atoms with Gasteiger partial charge in [0.2, 0.25) is 0 Å². The van der Waals surface area contributed by atoms with Crippen LogP contribution in [0, 0.1) is 5.92 Å². The first-order valence-corrected chi connectivity index (χ1v) is 6.70. The molecule has 2 nitrogen and oxygen atoms in total. The second-order valence-corrected chi connectivity index (χ2v) is 5.60. The summed E-state index contributed by atoms with van der Waals surface area (Å²) in [5, 5.41) is 0. The van der Waals surface area contributed by atoms with E-state index in [9.17, 15) is 0 Å². The minimum atomic E-state index is 0.371. The fourth-order valence-electron chi connectivity index (χ4n) is 1.89. The first kappa shape index (κ1) is 11.1. The summed E-state index contributed by atoms with van der Waals surface area (Å²) in [7, 11) is 0. The molecule has 1 aliphatic carbocycles. The SMILES string of the molecule is CCc1ccc(C(CCC2CC2)NN)s1. The average molecular weight is 224 g/mol. The Balaban J connectivity index is 1.91. The highest BCUT2D eigenvalue weighted by molar-refractivity contribution is 7.12. The molecule has 2 rings (SSSR count). The summed E-state index contributed by atoms with van der Waals surface area (Å²) in [6.45, 7) is 2.20. The van der Waals surface area contributed by atoms with E-state index in [4.69, 9.17) is 5.84 Å². The second-order valence-electron chi connectivity index (χ2n) is 4.40. The largest absolute Gasteiger partial charge is 0.271 e. The van der Waals surface area contributed by atoms with Crippen molar-refractivity contribution in [1.82, 2.24) is 5.43 Å². The number of rotatable bonds is 6. The third-order valence-electron chi connectivity index (χ3n) is 3.14. The Hall–Kier alpha value is -0.380.